The first kappa shape index (κ1) is 11.2. The van der Waals surface area contributed by atoms with Gasteiger partial charge >= 0.3 is 0 Å². The summed E-state index contributed by atoms with van der Waals surface area (Å²) in [5, 5.41) is 3.00. The minimum Gasteiger partial charge on any atom is -0.372 e. The standard InChI is InChI=1S/C7H10ClN3O2S/c1-9-7-6(8)3-5(4-11-7)14(12,13)10-2/h3-4,10H,1-2H3,(H,9,11). The number of sulfonamides is 1. The van der Waals surface area contributed by atoms with Crippen molar-refractivity contribution in [2.75, 3.05) is 19.4 Å². The van der Waals surface area contributed by atoms with E-state index in [1.165, 1.54) is 19.3 Å². The number of aromatic nitrogens is 1. The topological polar surface area (TPSA) is 71.1 Å². The average Bonchev–Trinajstić information content (AvgIpc) is 2.17. The van der Waals surface area contributed by atoms with Crippen molar-refractivity contribution in [1.29, 1.82) is 0 Å². The maximum Gasteiger partial charge on any atom is 0.241 e. The van der Waals surface area contributed by atoms with Gasteiger partial charge < -0.3 is 5.32 Å². The molecule has 0 fully saturated rings. The zero-order valence-corrected chi connectivity index (χ0v) is 9.28. The van der Waals surface area contributed by atoms with Crippen LogP contribution in [0.1, 0.15) is 0 Å². The van der Waals surface area contributed by atoms with Gasteiger partial charge in [0.15, 0.2) is 0 Å². The normalized spacial score (nSPS) is 11.4. The van der Waals surface area contributed by atoms with E-state index >= 15 is 0 Å². The first-order valence-electron chi connectivity index (χ1n) is 3.78. The molecule has 0 aliphatic heterocycles. The van der Waals surface area contributed by atoms with E-state index in [9.17, 15) is 8.42 Å². The van der Waals surface area contributed by atoms with E-state index < -0.39 is 10.0 Å². The summed E-state index contributed by atoms with van der Waals surface area (Å²) in [5.41, 5.74) is 0. The molecule has 0 saturated carbocycles. The van der Waals surface area contributed by atoms with Gasteiger partial charge in [-0.25, -0.2) is 18.1 Å². The molecule has 0 amide bonds. The highest BCUT2D eigenvalue weighted by Gasteiger charge is 2.13. The van der Waals surface area contributed by atoms with Crippen LogP contribution in [0.15, 0.2) is 17.2 Å². The fourth-order valence-corrected chi connectivity index (χ4v) is 1.89. The molecule has 0 aliphatic rings. The first-order chi connectivity index (χ1) is 6.51. The summed E-state index contributed by atoms with van der Waals surface area (Å²) in [5.74, 6) is 0.446. The zero-order valence-electron chi connectivity index (χ0n) is 7.70. The molecule has 0 spiro atoms. The number of pyridine rings is 1. The molecule has 78 valence electrons. The lowest BCUT2D eigenvalue weighted by Gasteiger charge is -2.05. The van der Waals surface area contributed by atoms with E-state index in [4.69, 9.17) is 11.6 Å². The molecule has 7 heteroatoms. The molecule has 0 atom stereocenters. The Kier molecular flexibility index (Phi) is 3.30. The van der Waals surface area contributed by atoms with Gasteiger partial charge in [0.05, 0.1) is 5.02 Å². The fourth-order valence-electron chi connectivity index (χ4n) is 0.869. The summed E-state index contributed by atoms with van der Waals surface area (Å²) in [4.78, 5) is 3.89. The van der Waals surface area contributed by atoms with E-state index in [1.54, 1.807) is 7.05 Å². The number of rotatable bonds is 3. The Bertz CT molecular complexity index is 433. The quantitative estimate of drug-likeness (QED) is 0.809. The van der Waals surface area contributed by atoms with Crippen molar-refractivity contribution in [3.63, 3.8) is 0 Å². The summed E-state index contributed by atoms with van der Waals surface area (Å²) < 4.78 is 24.8. The second-order valence-electron chi connectivity index (χ2n) is 2.46. The molecule has 0 saturated heterocycles. The van der Waals surface area contributed by atoms with Crippen LogP contribution in [0.25, 0.3) is 0 Å². The lowest BCUT2D eigenvalue weighted by atomic mass is 10.4. The molecular formula is C7H10ClN3O2S. The molecule has 0 radical (unpaired) electrons. The maximum absolute atomic E-state index is 11.3. The van der Waals surface area contributed by atoms with Crippen LogP contribution in [0.4, 0.5) is 5.82 Å². The highest BCUT2D eigenvalue weighted by Crippen LogP contribution is 2.21. The van der Waals surface area contributed by atoms with Crippen molar-refractivity contribution in [1.82, 2.24) is 9.71 Å². The second-order valence-corrected chi connectivity index (χ2v) is 4.75. The highest BCUT2D eigenvalue weighted by atomic mass is 35.5. The molecular weight excluding hydrogens is 226 g/mol. The van der Waals surface area contributed by atoms with Crippen LogP contribution in [0.2, 0.25) is 5.02 Å². The summed E-state index contributed by atoms with van der Waals surface area (Å²) in [6.07, 6.45) is 1.24. The third-order valence-corrected chi connectivity index (χ3v) is 3.30. The molecule has 1 heterocycles. The van der Waals surface area contributed by atoms with Crippen molar-refractivity contribution in [2.24, 2.45) is 0 Å². The lowest BCUT2D eigenvalue weighted by molar-refractivity contribution is 0.588. The van der Waals surface area contributed by atoms with Gasteiger partial charge in [0.2, 0.25) is 10.0 Å². The van der Waals surface area contributed by atoms with E-state index in [1.807, 2.05) is 0 Å². The van der Waals surface area contributed by atoms with Crippen molar-refractivity contribution in [2.45, 2.75) is 4.90 Å². The predicted molar refractivity (Wildman–Crippen MR) is 55.0 cm³/mol. The third-order valence-electron chi connectivity index (χ3n) is 1.63. The largest absolute Gasteiger partial charge is 0.372 e. The zero-order chi connectivity index (χ0) is 10.8. The summed E-state index contributed by atoms with van der Waals surface area (Å²) in [7, 11) is -0.489. The molecule has 0 bridgehead atoms. The van der Waals surface area contributed by atoms with Crippen LogP contribution in [-0.2, 0) is 10.0 Å². The van der Waals surface area contributed by atoms with E-state index in [0.29, 0.717) is 5.82 Å². The lowest BCUT2D eigenvalue weighted by Crippen LogP contribution is -2.18. The second kappa shape index (κ2) is 4.12. The summed E-state index contributed by atoms with van der Waals surface area (Å²) in [6.45, 7) is 0. The Morgan fingerprint density at radius 2 is 2.07 bits per heavy atom. The molecule has 5 nitrogen and oxygen atoms in total. The van der Waals surface area contributed by atoms with Gasteiger partial charge in [-0.2, -0.15) is 0 Å². The van der Waals surface area contributed by atoms with Crippen molar-refractivity contribution >= 4 is 27.4 Å². The Balaban J connectivity index is 3.22. The van der Waals surface area contributed by atoms with Crippen LogP contribution in [0.5, 0.6) is 0 Å². The van der Waals surface area contributed by atoms with Crippen LogP contribution >= 0.6 is 11.6 Å². The Labute approximate surface area is 87.5 Å². The van der Waals surface area contributed by atoms with Gasteiger partial charge in [-0.3, -0.25) is 0 Å². The molecule has 0 aliphatic carbocycles. The van der Waals surface area contributed by atoms with E-state index in [2.05, 4.69) is 15.0 Å². The van der Waals surface area contributed by atoms with Crippen molar-refractivity contribution in [3.05, 3.63) is 17.3 Å². The van der Waals surface area contributed by atoms with Crippen LogP contribution in [0, 0.1) is 0 Å². The molecule has 1 aromatic heterocycles. The predicted octanol–water partition coefficient (Wildman–Crippen LogP) is 0.685. The van der Waals surface area contributed by atoms with Gasteiger partial charge in [-0.15, -0.1) is 0 Å². The monoisotopic (exact) mass is 235 g/mol. The SMILES string of the molecule is CNc1ncc(S(=O)(=O)NC)cc1Cl. The van der Waals surface area contributed by atoms with Crippen LogP contribution in [0.3, 0.4) is 0 Å². The van der Waals surface area contributed by atoms with Gasteiger partial charge in [-0.05, 0) is 13.1 Å². The number of halogens is 1. The van der Waals surface area contributed by atoms with Crippen LogP contribution in [-0.4, -0.2) is 27.5 Å². The average molecular weight is 236 g/mol. The number of hydrogen-bond acceptors (Lipinski definition) is 4. The highest BCUT2D eigenvalue weighted by molar-refractivity contribution is 7.89. The Morgan fingerprint density at radius 1 is 1.43 bits per heavy atom. The Morgan fingerprint density at radius 3 is 2.50 bits per heavy atom. The smallest absolute Gasteiger partial charge is 0.241 e. The minimum atomic E-state index is -3.47. The van der Waals surface area contributed by atoms with Gasteiger partial charge in [0.25, 0.3) is 0 Å². The molecule has 2 N–H and O–H groups in total. The summed E-state index contributed by atoms with van der Waals surface area (Å²) >= 11 is 5.78. The number of hydrogen-bond donors (Lipinski definition) is 2. The van der Waals surface area contributed by atoms with Crippen LogP contribution < -0.4 is 10.0 Å². The number of anilines is 1. The third kappa shape index (κ3) is 2.14. The minimum absolute atomic E-state index is 0.0454. The number of nitrogens with one attached hydrogen (secondary N) is 2. The molecule has 1 aromatic rings. The first-order valence-corrected chi connectivity index (χ1v) is 5.64. The van der Waals surface area contributed by atoms with E-state index in [0.717, 1.165) is 0 Å². The molecule has 1 rings (SSSR count). The van der Waals surface area contributed by atoms with Gasteiger partial charge in [0.1, 0.15) is 10.7 Å². The maximum atomic E-state index is 11.3. The Hall–Kier alpha value is -0.850. The van der Waals surface area contributed by atoms with Crippen molar-refractivity contribution in [3.8, 4) is 0 Å². The molecule has 0 unspecified atom stereocenters. The molecule has 0 aromatic carbocycles. The number of nitrogens with zero attached hydrogens (tertiary/aromatic N) is 1. The van der Waals surface area contributed by atoms with Gasteiger partial charge in [0, 0.05) is 13.2 Å². The van der Waals surface area contributed by atoms with E-state index in [-0.39, 0.29) is 9.92 Å². The fraction of sp³-hybridized carbons (Fsp3) is 0.286. The molecule has 14 heavy (non-hydrogen) atoms. The van der Waals surface area contributed by atoms with Gasteiger partial charge in [-0.1, -0.05) is 11.6 Å². The van der Waals surface area contributed by atoms with Crippen molar-refractivity contribution < 1.29 is 8.42 Å². The summed E-state index contributed by atoms with van der Waals surface area (Å²) in [6, 6.07) is 1.34.